The summed E-state index contributed by atoms with van der Waals surface area (Å²) in [6, 6.07) is 12.5. The zero-order valence-electron chi connectivity index (χ0n) is 10.5. The lowest BCUT2D eigenvalue weighted by Gasteiger charge is -2.09. The van der Waals surface area contributed by atoms with Crippen LogP contribution in [0.3, 0.4) is 0 Å². The second kappa shape index (κ2) is 5.45. The molecule has 5 heteroatoms. The first kappa shape index (κ1) is 12.2. The highest BCUT2D eigenvalue weighted by Gasteiger charge is 2.30. The Hall–Kier alpha value is -1.80. The third-order valence-electron chi connectivity index (χ3n) is 3.14. The molecule has 1 aromatic heterocycles. The van der Waals surface area contributed by atoms with Gasteiger partial charge in [0.05, 0.1) is 18.4 Å². The summed E-state index contributed by atoms with van der Waals surface area (Å²) in [5.74, 6) is 2.05. The minimum atomic E-state index is 0.414. The van der Waals surface area contributed by atoms with Crippen LogP contribution in [0.15, 0.2) is 35.5 Å². The second-order valence-corrected chi connectivity index (χ2v) is 5.58. The molecule has 4 nitrogen and oxygen atoms in total. The summed E-state index contributed by atoms with van der Waals surface area (Å²) in [7, 11) is 0. The van der Waals surface area contributed by atoms with Gasteiger partial charge in [0, 0.05) is 5.92 Å². The minimum Gasteiger partial charge on any atom is -0.301 e. The molecule has 3 rings (SSSR count). The largest absolute Gasteiger partial charge is 0.301 e. The molecule has 1 heterocycles. The molecule has 0 bridgehead atoms. The molecule has 0 aliphatic heterocycles. The maximum Gasteiger partial charge on any atom is 0.192 e. The van der Waals surface area contributed by atoms with E-state index in [9.17, 15) is 0 Å². The van der Waals surface area contributed by atoms with Crippen LogP contribution < -0.4 is 0 Å². The van der Waals surface area contributed by atoms with Crippen LogP contribution in [0.4, 0.5) is 0 Å². The Labute approximate surface area is 116 Å². The summed E-state index contributed by atoms with van der Waals surface area (Å²) in [4.78, 5) is 0. The first-order valence-electron chi connectivity index (χ1n) is 6.35. The molecule has 0 unspecified atom stereocenters. The van der Waals surface area contributed by atoms with Crippen molar-refractivity contribution in [1.82, 2.24) is 14.8 Å². The third-order valence-corrected chi connectivity index (χ3v) is 3.97. The molecular weight excluding hydrogens is 256 g/mol. The van der Waals surface area contributed by atoms with Crippen molar-refractivity contribution in [1.29, 1.82) is 5.26 Å². The monoisotopic (exact) mass is 270 g/mol. The number of rotatable bonds is 5. The highest BCUT2D eigenvalue weighted by atomic mass is 32.2. The lowest BCUT2D eigenvalue weighted by Crippen LogP contribution is -2.06. The van der Waals surface area contributed by atoms with Crippen molar-refractivity contribution in [2.75, 3.05) is 5.75 Å². The van der Waals surface area contributed by atoms with Gasteiger partial charge in [0.2, 0.25) is 0 Å². The smallest absolute Gasteiger partial charge is 0.192 e. The minimum absolute atomic E-state index is 0.414. The van der Waals surface area contributed by atoms with Crippen molar-refractivity contribution < 1.29 is 0 Å². The molecule has 1 aliphatic carbocycles. The molecule has 19 heavy (non-hydrogen) atoms. The summed E-state index contributed by atoms with van der Waals surface area (Å²) in [5.41, 5.74) is 1.24. The molecule has 0 spiro atoms. The zero-order valence-corrected chi connectivity index (χ0v) is 11.3. The maximum absolute atomic E-state index is 8.71. The molecule has 0 amide bonds. The first-order chi connectivity index (χ1) is 9.38. The Balaban J connectivity index is 1.88. The van der Waals surface area contributed by atoms with Gasteiger partial charge in [-0.1, -0.05) is 42.1 Å². The molecule has 1 aromatic carbocycles. The average Bonchev–Trinajstić information content (AvgIpc) is 3.21. The summed E-state index contributed by atoms with van der Waals surface area (Å²) in [5, 5.41) is 18.1. The average molecular weight is 270 g/mol. The van der Waals surface area contributed by atoms with Gasteiger partial charge in [-0.15, -0.1) is 10.2 Å². The quantitative estimate of drug-likeness (QED) is 0.784. The second-order valence-electron chi connectivity index (χ2n) is 4.63. The van der Waals surface area contributed by atoms with Crippen LogP contribution in [0.5, 0.6) is 0 Å². The summed E-state index contributed by atoms with van der Waals surface area (Å²) >= 11 is 1.46. The van der Waals surface area contributed by atoms with Crippen LogP contribution in [-0.4, -0.2) is 20.5 Å². The predicted molar refractivity (Wildman–Crippen MR) is 73.9 cm³/mol. The van der Waals surface area contributed by atoms with Gasteiger partial charge >= 0.3 is 0 Å². The van der Waals surface area contributed by atoms with Gasteiger partial charge in [-0.05, 0) is 18.4 Å². The van der Waals surface area contributed by atoms with Gasteiger partial charge in [-0.25, -0.2) is 0 Å². The number of hydrogen-bond acceptors (Lipinski definition) is 4. The van der Waals surface area contributed by atoms with Crippen molar-refractivity contribution in [3.05, 3.63) is 41.7 Å². The van der Waals surface area contributed by atoms with Crippen molar-refractivity contribution in [2.45, 2.75) is 30.5 Å². The SMILES string of the molecule is N#CCSc1nnc(C2CC2)n1Cc1ccccc1. The summed E-state index contributed by atoms with van der Waals surface area (Å²) in [6.45, 7) is 0.785. The number of nitrogens with zero attached hydrogens (tertiary/aromatic N) is 4. The topological polar surface area (TPSA) is 54.5 Å². The standard InChI is InChI=1S/C14H14N4S/c15-8-9-19-14-17-16-13(12-6-7-12)18(14)10-11-4-2-1-3-5-11/h1-5,12H,6-7,9-10H2. The van der Waals surface area contributed by atoms with E-state index in [0.717, 1.165) is 17.5 Å². The van der Waals surface area contributed by atoms with Crippen molar-refractivity contribution in [2.24, 2.45) is 0 Å². The fourth-order valence-corrected chi connectivity index (χ4v) is 2.67. The van der Waals surface area contributed by atoms with E-state index in [1.165, 1.54) is 30.2 Å². The van der Waals surface area contributed by atoms with Crippen molar-refractivity contribution >= 4 is 11.8 Å². The Bertz CT molecular complexity index is 596. The van der Waals surface area contributed by atoms with Crippen molar-refractivity contribution in [3.63, 3.8) is 0 Å². The number of aromatic nitrogens is 3. The summed E-state index contributed by atoms with van der Waals surface area (Å²) < 4.78 is 2.16. The van der Waals surface area contributed by atoms with Crippen molar-refractivity contribution in [3.8, 4) is 6.07 Å². The van der Waals surface area contributed by atoms with Crippen LogP contribution in [0.25, 0.3) is 0 Å². The van der Waals surface area contributed by atoms with Crippen LogP contribution in [0.1, 0.15) is 30.1 Å². The van der Waals surface area contributed by atoms with E-state index in [0.29, 0.717) is 11.7 Å². The highest BCUT2D eigenvalue weighted by Crippen LogP contribution is 2.40. The van der Waals surface area contributed by atoms with Gasteiger partial charge in [-0.2, -0.15) is 5.26 Å². The van der Waals surface area contributed by atoms with E-state index in [2.05, 4.69) is 33.0 Å². The van der Waals surface area contributed by atoms with E-state index < -0.39 is 0 Å². The lowest BCUT2D eigenvalue weighted by atomic mass is 10.2. The molecule has 1 saturated carbocycles. The summed E-state index contributed by atoms with van der Waals surface area (Å²) in [6.07, 6.45) is 2.41. The molecule has 96 valence electrons. The van der Waals surface area contributed by atoms with E-state index in [4.69, 9.17) is 5.26 Å². The Morgan fingerprint density at radius 2 is 2.05 bits per heavy atom. The number of nitriles is 1. The fraction of sp³-hybridized carbons (Fsp3) is 0.357. The Morgan fingerprint density at radius 3 is 2.74 bits per heavy atom. The molecule has 0 saturated heterocycles. The van der Waals surface area contributed by atoms with Crippen LogP contribution in [0, 0.1) is 11.3 Å². The molecule has 2 aromatic rings. The zero-order chi connectivity index (χ0) is 13.1. The highest BCUT2D eigenvalue weighted by molar-refractivity contribution is 7.99. The first-order valence-corrected chi connectivity index (χ1v) is 7.34. The fourth-order valence-electron chi connectivity index (χ4n) is 2.06. The predicted octanol–water partition coefficient (Wildman–Crippen LogP) is 2.82. The molecule has 0 N–H and O–H groups in total. The van der Waals surface area contributed by atoms with E-state index in [1.54, 1.807) is 0 Å². The van der Waals surface area contributed by atoms with Crippen LogP contribution in [0.2, 0.25) is 0 Å². The molecule has 0 radical (unpaired) electrons. The van der Waals surface area contributed by atoms with E-state index >= 15 is 0 Å². The Kier molecular flexibility index (Phi) is 3.51. The van der Waals surface area contributed by atoms with Gasteiger partial charge in [0.25, 0.3) is 0 Å². The number of thioether (sulfide) groups is 1. The van der Waals surface area contributed by atoms with Gasteiger partial charge in [0.1, 0.15) is 5.82 Å². The number of hydrogen-bond donors (Lipinski definition) is 0. The maximum atomic E-state index is 8.71. The molecule has 0 atom stereocenters. The lowest BCUT2D eigenvalue weighted by molar-refractivity contribution is 0.668. The van der Waals surface area contributed by atoms with E-state index in [1.807, 2.05) is 18.2 Å². The molecular formula is C14H14N4S. The Morgan fingerprint density at radius 1 is 1.26 bits per heavy atom. The van der Waals surface area contributed by atoms with Crippen LogP contribution in [-0.2, 0) is 6.54 Å². The number of benzene rings is 1. The van der Waals surface area contributed by atoms with Gasteiger partial charge in [-0.3, -0.25) is 0 Å². The normalized spacial score (nSPS) is 14.3. The van der Waals surface area contributed by atoms with Gasteiger partial charge < -0.3 is 4.57 Å². The van der Waals surface area contributed by atoms with Crippen LogP contribution >= 0.6 is 11.8 Å². The van der Waals surface area contributed by atoms with E-state index in [-0.39, 0.29) is 0 Å². The van der Waals surface area contributed by atoms with Gasteiger partial charge in [0.15, 0.2) is 5.16 Å². The molecule has 1 fully saturated rings. The molecule has 1 aliphatic rings. The third kappa shape index (κ3) is 2.79.